The van der Waals surface area contributed by atoms with Gasteiger partial charge in [0, 0.05) is 37.8 Å². The van der Waals surface area contributed by atoms with Crippen LogP contribution in [0.15, 0.2) is 10.2 Å². The molecule has 0 bridgehead atoms. The summed E-state index contributed by atoms with van der Waals surface area (Å²) in [6.45, 7) is 0.949. The largest absolute Gasteiger partial charge is 0.337 e. The van der Waals surface area contributed by atoms with E-state index in [1.54, 1.807) is 0 Å². The molecule has 4 nitrogen and oxygen atoms in total. The maximum atomic E-state index is 12.3. The van der Waals surface area contributed by atoms with Gasteiger partial charge in [0.1, 0.15) is 0 Å². The first-order valence-corrected chi connectivity index (χ1v) is 7.38. The lowest BCUT2D eigenvalue weighted by atomic mass is 9.82. The van der Waals surface area contributed by atoms with Crippen molar-refractivity contribution in [1.29, 1.82) is 0 Å². The number of hydrogen-bond donors (Lipinski definition) is 0. The average Bonchev–Trinajstić information content (AvgIpc) is 2.96. The molecule has 0 aromatic rings. The van der Waals surface area contributed by atoms with Gasteiger partial charge in [-0.2, -0.15) is 10.2 Å². The van der Waals surface area contributed by atoms with E-state index < -0.39 is 0 Å². The summed E-state index contributed by atoms with van der Waals surface area (Å²) in [5, 5.41) is 8.19. The minimum atomic E-state index is -0.310. The molecule has 1 saturated carbocycles. The molecular weight excluding hydrogens is 238 g/mol. The number of amides is 1. The van der Waals surface area contributed by atoms with Gasteiger partial charge < -0.3 is 4.90 Å². The van der Waals surface area contributed by atoms with Gasteiger partial charge in [-0.25, -0.2) is 0 Å². The van der Waals surface area contributed by atoms with E-state index in [9.17, 15) is 4.79 Å². The van der Waals surface area contributed by atoms with Crippen LogP contribution in [0.25, 0.3) is 0 Å². The van der Waals surface area contributed by atoms with E-state index >= 15 is 0 Å². The van der Waals surface area contributed by atoms with Gasteiger partial charge in [-0.3, -0.25) is 4.79 Å². The van der Waals surface area contributed by atoms with Crippen LogP contribution in [0.4, 0.5) is 0 Å². The fourth-order valence-corrected chi connectivity index (χ4v) is 3.59. The zero-order valence-corrected chi connectivity index (χ0v) is 11.4. The molecule has 0 radical (unpaired) electrons. The monoisotopic (exact) mass is 259 g/mol. The van der Waals surface area contributed by atoms with Crippen LogP contribution >= 0.6 is 0 Å². The molecule has 3 rings (SSSR count). The molecule has 2 fully saturated rings. The number of carbonyl (C=O) groups is 1. The smallest absolute Gasteiger partial charge is 0.223 e. The van der Waals surface area contributed by atoms with Crippen LogP contribution in [0.2, 0.25) is 0 Å². The van der Waals surface area contributed by atoms with Crippen molar-refractivity contribution in [2.45, 2.75) is 69.0 Å². The topological polar surface area (TPSA) is 45.0 Å². The summed E-state index contributed by atoms with van der Waals surface area (Å²) in [7, 11) is 0. The molecule has 19 heavy (non-hydrogen) atoms. The zero-order valence-electron chi connectivity index (χ0n) is 11.4. The third kappa shape index (κ3) is 2.27. The van der Waals surface area contributed by atoms with E-state index in [1.165, 1.54) is 32.1 Å². The molecule has 0 unspecified atom stereocenters. The van der Waals surface area contributed by atoms with Gasteiger partial charge in [0.05, 0.1) is 0 Å². The second-order valence-corrected chi connectivity index (χ2v) is 6.11. The second-order valence-electron chi connectivity index (χ2n) is 6.11. The van der Waals surface area contributed by atoms with Gasteiger partial charge in [0.15, 0.2) is 5.66 Å². The molecule has 0 N–H and O–H groups in total. The van der Waals surface area contributed by atoms with Crippen molar-refractivity contribution in [2.24, 2.45) is 10.2 Å². The van der Waals surface area contributed by atoms with E-state index in [1.807, 2.05) is 0 Å². The Bertz CT molecular complexity index is 437. The van der Waals surface area contributed by atoms with Crippen molar-refractivity contribution in [3.63, 3.8) is 0 Å². The molecular formula is C15H21N3O. The van der Waals surface area contributed by atoms with Crippen LogP contribution in [-0.2, 0) is 4.79 Å². The maximum absolute atomic E-state index is 12.3. The molecule has 0 aromatic heterocycles. The highest BCUT2D eigenvalue weighted by atomic mass is 16.2. The van der Waals surface area contributed by atoms with E-state index in [-0.39, 0.29) is 11.2 Å². The van der Waals surface area contributed by atoms with Crippen LogP contribution in [0.3, 0.4) is 0 Å². The molecule has 0 atom stereocenters. The Morgan fingerprint density at radius 2 is 1.95 bits per heavy atom. The van der Waals surface area contributed by atoms with Crippen molar-refractivity contribution in [3.8, 4) is 12.3 Å². The highest BCUT2D eigenvalue weighted by Crippen LogP contribution is 2.45. The molecule has 1 amide bonds. The highest BCUT2D eigenvalue weighted by Gasteiger charge is 2.49. The molecule has 1 spiro atoms. The Balaban J connectivity index is 1.48. The van der Waals surface area contributed by atoms with Crippen molar-refractivity contribution >= 4 is 5.91 Å². The summed E-state index contributed by atoms with van der Waals surface area (Å²) >= 11 is 0. The minimum Gasteiger partial charge on any atom is -0.337 e. The van der Waals surface area contributed by atoms with Gasteiger partial charge in [0.2, 0.25) is 5.91 Å². The van der Waals surface area contributed by atoms with Gasteiger partial charge in [0.25, 0.3) is 0 Å². The molecule has 4 heteroatoms. The third-order valence-corrected chi connectivity index (χ3v) is 5.00. The first kappa shape index (κ1) is 12.7. The lowest BCUT2D eigenvalue weighted by Gasteiger charge is -2.51. The Kier molecular flexibility index (Phi) is 3.08. The van der Waals surface area contributed by atoms with E-state index in [2.05, 4.69) is 21.0 Å². The number of carbonyl (C=O) groups excluding carboxylic acids is 1. The summed E-state index contributed by atoms with van der Waals surface area (Å²) in [4.78, 5) is 14.5. The van der Waals surface area contributed by atoms with Gasteiger partial charge in [-0.05, 0) is 19.3 Å². The number of hydrogen-bond acceptors (Lipinski definition) is 3. The Morgan fingerprint density at radius 1 is 1.21 bits per heavy atom. The average molecular weight is 259 g/mol. The van der Waals surface area contributed by atoms with E-state index in [0.717, 1.165) is 19.4 Å². The van der Waals surface area contributed by atoms with Crippen LogP contribution in [0, 0.1) is 12.3 Å². The first-order valence-electron chi connectivity index (χ1n) is 7.38. The fourth-order valence-electron chi connectivity index (χ4n) is 3.59. The van der Waals surface area contributed by atoms with Gasteiger partial charge >= 0.3 is 0 Å². The van der Waals surface area contributed by atoms with Crippen LogP contribution < -0.4 is 0 Å². The SMILES string of the molecule is C#CCCC1(CCC(=O)N2CCC23CCCC3)N=N1. The summed E-state index contributed by atoms with van der Waals surface area (Å²) in [5.74, 6) is 2.92. The molecule has 102 valence electrons. The fraction of sp³-hybridized carbons (Fsp3) is 0.800. The lowest BCUT2D eigenvalue weighted by molar-refractivity contribution is -0.147. The standard InChI is InChI=1S/C15H21N3O/c1-2-3-9-15(16-17-15)10-6-13(19)18-12-11-14(18)7-4-5-8-14/h1H,3-12H2. The van der Waals surface area contributed by atoms with E-state index in [0.29, 0.717) is 18.7 Å². The van der Waals surface area contributed by atoms with Crippen LogP contribution in [-0.4, -0.2) is 28.6 Å². The quantitative estimate of drug-likeness (QED) is 0.700. The number of terminal acetylenes is 1. The summed E-state index contributed by atoms with van der Waals surface area (Å²) in [5.41, 5.74) is -0.0728. The molecule has 3 aliphatic rings. The molecule has 2 aliphatic heterocycles. The minimum absolute atomic E-state index is 0.237. The highest BCUT2D eigenvalue weighted by molar-refractivity contribution is 5.78. The number of likely N-dealkylation sites (tertiary alicyclic amines) is 1. The van der Waals surface area contributed by atoms with Crippen molar-refractivity contribution in [1.82, 2.24) is 4.90 Å². The van der Waals surface area contributed by atoms with Crippen molar-refractivity contribution in [3.05, 3.63) is 0 Å². The Morgan fingerprint density at radius 3 is 2.47 bits per heavy atom. The summed E-state index contributed by atoms with van der Waals surface area (Å²) < 4.78 is 0. The van der Waals surface area contributed by atoms with Gasteiger partial charge in [-0.15, -0.1) is 12.3 Å². The molecule has 0 aromatic carbocycles. The molecule has 1 saturated heterocycles. The van der Waals surface area contributed by atoms with Crippen LogP contribution in [0.5, 0.6) is 0 Å². The van der Waals surface area contributed by atoms with Crippen molar-refractivity contribution < 1.29 is 4.79 Å². The van der Waals surface area contributed by atoms with Crippen LogP contribution in [0.1, 0.15) is 57.8 Å². The number of nitrogens with zero attached hydrogens (tertiary/aromatic N) is 3. The maximum Gasteiger partial charge on any atom is 0.223 e. The Hall–Kier alpha value is -1.37. The Labute approximate surface area is 114 Å². The third-order valence-electron chi connectivity index (χ3n) is 5.00. The lowest BCUT2D eigenvalue weighted by Crippen LogP contribution is -2.60. The second kappa shape index (κ2) is 4.63. The normalized spacial score (nSPS) is 25.1. The zero-order chi connectivity index (χ0) is 13.3. The van der Waals surface area contributed by atoms with Crippen molar-refractivity contribution in [2.75, 3.05) is 6.54 Å². The predicted molar refractivity (Wildman–Crippen MR) is 72.4 cm³/mol. The first-order chi connectivity index (χ1) is 9.20. The molecule has 1 aliphatic carbocycles. The molecule has 2 heterocycles. The number of rotatable bonds is 5. The predicted octanol–water partition coefficient (Wildman–Crippen LogP) is 2.89. The summed E-state index contributed by atoms with van der Waals surface area (Å²) in [6, 6.07) is 0. The van der Waals surface area contributed by atoms with E-state index in [4.69, 9.17) is 6.42 Å². The summed E-state index contributed by atoms with van der Waals surface area (Å²) in [6.07, 6.45) is 14.2. The van der Waals surface area contributed by atoms with Gasteiger partial charge in [-0.1, -0.05) is 12.8 Å².